The fourth-order valence-electron chi connectivity index (χ4n) is 1.29. The summed E-state index contributed by atoms with van der Waals surface area (Å²) in [5.41, 5.74) is 0.118. The van der Waals surface area contributed by atoms with E-state index in [1.165, 1.54) is 12.1 Å². The maximum absolute atomic E-state index is 13.5. The Morgan fingerprint density at radius 3 is 2.82 bits per heavy atom. The summed E-state index contributed by atoms with van der Waals surface area (Å²) in [5.74, 6) is -0.835. The van der Waals surface area contributed by atoms with Crippen molar-refractivity contribution in [2.75, 3.05) is 11.9 Å². The maximum Gasteiger partial charge on any atom is 0.225 e. The number of benzene rings is 1. The number of amides is 1. The molecular weight excluding hydrogens is 243 g/mol. The Balaban J connectivity index is 2.48. The van der Waals surface area contributed by atoms with Crippen LogP contribution in [-0.2, 0) is 4.79 Å². The summed E-state index contributed by atoms with van der Waals surface area (Å²) in [4.78, 5) is 11.5. The van der Waals surface area contributed by atoms with Gasteiger partial charge in [-0.05, 0) is 12.1 Å². The second-order valence-electron chi connectivity index (χ2n) is 4.01. The molecule has 94 valence electrons. The number of carbonyl (C=O) groups excluding carboxylic acids is 1. The van der Waals surface area contributed by atoms with Gasteiger partial charge in [-0.3, -0.25) is 4.79 Å². The first-order valence-corrected chi connectivity index (χ1v) is 5.85. The Kier molecular flexibility index (Phi) is 5.38. The monoisotopic (exact) mass is 258 g/mol. The predicted octanol–water partition coefficient (Wildman–Crippen LogP) is 2.81. The molecule has 0 unspecified atom stereocenters. The van der Waals surface area contributed by atoms with E-state index in [0.717, 1.165) is 0 Å². The Bertz CT molecular complexity index is 396. The van der Waals surface area contributed by atoms with Gasteiger partial charge in [-0.2, -0.15) is 0 Å². The largest absolute Gasteiger partial charge is 0.324 e. The van der Waals surface area contributed by atoms with E-state index in [-0.39, 0.29) is 16.6 Å². The Hall–Kier alpha value is -1.13. The normalized spacial score (nSPS) is 10.6. The lowest BCUT2D eigenvalue weighted by Crippen LogP contribution is -2.27. The van der Waals surface area contributed by atoms with Gasteiger partial charge in [0, 0.05) is 19.0 Å². The van der Waals surface area contributed by atoms with Crippen molar-refractivity contribution in [1.82, 2.24) is 5.32 Å². The van der Waals surface area contributed by atoms with Crippen molar-refractivity contribution >= 4 is 23.2 Å². The second kappa shape index (κ2) is 6.57. The molecule has 1 aromatic rings. The minimum atomic E-state index is -0.598. The molecule has 2 N–H and O–H groups in total. The lowest BCUT2D eigenvalue weighted by molar-refractivity contribution is -0.116. The Morgan fingerprint density at radius 2 is 2.18 bits per heavy atom. The second-order valence-corrected chi connectivity index (χ2v) is 4.42. The summed E-state index contributed by atoms with van der Waals surface area (Å²) < 4.78 is 13.5. The van der Waals surface area contributed by atoms with E-state index in [0.29, 0.717) is 19.0 Å². The fourth-order valence-corrected chi connectivity index (χ4v) is 1.46. The summed E-state index contributed by atoms with van der Waals surface area (Å²) in [6.45, 7) is 4.55. The average Bonchev–Trinajstić information content (AvgIpc) is 2.24. The van der Waals surface area contributed by atoms with Crippen molar-refractivity contribution in [2.24, 2.45) is 0 Å². The zero-order chi connectivity index (χ0) is 12.8. The highest BCUT2D eigenvalue weighted by Crippen LogP contribution is 2.21. The van der Waals surface area contributed by atoms with Gasteiger partial charge in [0.05, 0.1) is 10.7 Å². The summed E-state index contributed by atoms with van der Waals surface area (Å²) in [5, 5.41) is 5.60. The molecule has 0 saturated heterocycles. The first-order chi connectivity index (χ1) is 8.00. The van der Waals surface area contributed by atoms with Gasteiger partial charge in [-0.15, -0.1) is 0 Å². The zero-order valence-electron chi connectivity index (χ0n) is 9.89. The number of anilines is 1. The summed E-state index contributed by atoms with van der Waals surface area (Å²) in [7, 11) is 0. The van der Waals surface area contributed by atoms with Crippen molar-refractivity contribution < 1.29 is 9.18 Å². The van der Waals surface area contributed by atoms with Crippen LogP contribution >= 0.6 is 11.6 Å². The van der Waals surface area contributed by atoms with Gasteiger partial charge in [0.15, 0.2) is 5.82 Å². The minimum absolute atomic E-state index is 0.00288. The average molecular weight is 259 g/mol. The van der Waals surface area contributed by atoms with Crippen LogP contribution in [0.1, 0.15) is 20.3 Å². The predicted molar refractivity (Wildman–Crippen MR) is 67.8 cm³/mol. The third kappa shape index (κ3) is 4.71. The highest BCUT2D eigenvalue weighted by molar-refractivity contribution is 6.31. The summed E-state index contributed by atoms with van der Waals surface area (Å²) >= 11 is 5.60. The third-order valence-corrected chi connectivity index (χ3v) is 2.42. The number of halogens is 2. The molecule has 0 aliphatic heterocycles. The number of hydrogen-bond donors (Lipinski definition) is 2. The Morgan fingerprint density at radius 1 is 1.47 bits per heavy atom. The SMILES string of the molecule is CC(C)NCCC(=O)Nc1cccc(Cl)c1F. The molecule has 17 heavy (non-hydrogen) atoms. The molecule has 0 atom stereocenters. The van der Waals surface area contributed by atoms with E-state index in [9.17, 15) is 9.18 Å². The molecular formula is C12H16ClFN2O. The van der Waals surface area contributed by atoms with Crippen molar-refractivity contribution in [1.29, 1.82) is 0 Å². The topological polar surface area (TPSA) is 41.1 Å². The van der Waals surface area contributed by atoms with Gasteiger partial charge < -0.3 is 10.6 Å². The highest BCUT2D eigenvalue weighted by atomic mass is 35.5. The van der Waals surface area contributed by atoms with Crippen LogP contribution in [0, 0.1) is 5.82 Å². The number of rotatable bonds is 5. The van der Waals surface area contributed by atoms with Crippen LogP contribution in [0.4, 0.5) is 10.1 Å². The molecule has 3 nitrogen and oxygen atoms in total. The lowest BCUT2D eigenvalue weighted by Gasteiger charge is -2.09. The van der Waals surface area contributed by atoms with Crippen molar-refractivity contribution in [2.45, 2.75) is 26.3 Å². The van der Waals surface area contributed by atoms with E-state index in [1.54, 1.807) is 6.07 Å². The van der Waals surface area contributed by atoms with E-state index in [2.05, 4.69) is 10.6 Å². The van der Waals surface area contributed by atoms with Crippen LogP contribution in [0.2, 0.25) is 5.02 Å². The van der Waals surface area contributed by atoms with Crippen molar-refractivity contribution in [3.63, 3.8) is 0 Å². The standard InChI is InChI=1S/C12H16ClFN2O/c1-8(2)15-7-6-11(17)16-10-5-3-4-9(13)12(10)14/h3-5,8,15H,6-7H2,1-2H3,(H,16,17). The molecule has 5 heteroatoms. The molecule has 1 rings (SSSR count). The molecule has 0 heterocycles. The fraction of sp³-hybridized carbons (Fsp3) is 0.417. The molecule has 0 aromatic heterocycles. The number of carbonyl (C=O) groups is 1. The first kappa shape index (κ1) is 13.9. The maximum atomic E-state index is 13.5. The Labute approximate surface area is 105 Å². The number of hydrogen-bond acceptors (Lipinski definition) is 2. The highest BCUT2D eigenvalue weighted by Gasteiger charge is 2.09. The van der Waals surface area contributed by atoms with Gasteiger partial charge in [-0.1, -0.05) is 31.5 Å². The van der Waals surface area contributed by atoms with Crippen LogP contribution in [0.5, 0.6) is 0 Å². The van der Waals surface area contributed by atoms with Crippen LogP contribution in [0.25, 0.3) is 0 Å². The van der Waals surface area contributed by atoms with Crippen molar-refractivity contribution in [3.05, 3.63) is 29.0 Å². The van der Waals surface area contributed by atoms with Crippen LogP contribution in [0.15, 0.2) is 18.2 Å². The molecule has 0 fully saturated rings. The molecule has 1 amide bonds. The van der Waals surface area contributed by atoms with Gasteiger partial charge >= 0.3 is 0 Å². The lowest BCUT2D eigenvalue weighted by atomic mass is 10.3. The van der Waals surface area contributed by atoms with Gasteiger partial charge in [0.25, 0.3) is 0 Å². The van der Waals surface area contributed by atoms with Gasteiger partial charge in [-0.25, -0.2) is 4.39 Å². The van der Waals surface area contributed by atoms with E-state index < -0.39 is 5.82 Å². The quantitative estimate of drug-likeness (QED) is 0.853. The molecule has 0 saturated carbocycles. The van der Waals surface area contributed by atoms with E-state index in [1.807, 2.05) is 13.8 Å². The molecule has 0 radical (unpaired) electrons. The van der Waals surface area contributed by atoms with E-state index >= 15 is 0 Å². The number of nitrogens with one attached hydrogen (secondary N) is 2. The molecule has 0 aliphatic carbocycles. The molecule has 0 aliphatic rings. The van der Waals surface area contributed by atoms with Crippen LogP contribution < -0.4 is 10.6 Å². The zero-order valence-corrected chi connectivity index (χ0v) is 10.6. The van der Waals surface area contributed by atoms with Gasteiger partial charge in [0.1, 0.15) is 0 Å². The first-order valence-electron chi connectivity index (χ1n) is 5.48. The van der Waals surface area contributed by atoms with Crippen molar-refractivity contribution in [3.8, 4) is 0 Å². The third-order valence-electron chi connectivity index (χ3n) is 2.13. The van der Waals surface area contributed by atoms with Crippen LogP contribution in [0.3, 0.4) is 0 Å². The van der Waals surface area contributed by atoms with Gasteiger partial charge in [0.2, 0.25) is 5.91 Å². The van der Waals surface area contributed by atoms with Crippen LogP contribution in [-0.4, -0.2) is 18.5 Å². The smallest absolute Gasteiger partial charge is 0.225 e. The summed E-state index contributed by atoms with van der Waals surface area (Å²) in [6.07, 6.45) is 0.296. The van der Waals surface area contributed by atoms with E-state index in [4.69, 9.17) is 11.6 Å². The molecule has 1 aromatic carbocycles. The molecule has 0 spiro atoms. The molecule has 0 bridgehead atoms. The summed E-state index contributed by atoms with van der Waals surface area (Å²) in [6, 6.07) is 4.83. The minimum Gasteiger partial charge on any atom is -0.324 e.